The summed E-state index contributed by atoms with van der Waals surface area (Å²) in [6.45, 7) is 7.32. The first-order valence-electron chi connectivity index (χ1n) is 7.23. The van der Waals surface area contributed by atoms with Crippen molar-refractivity contribution >= 4 is 11.8 Å². The van der Waals surface area contributed by atoms with Crippen molar-refractivity contribution in [2.24, 2.45) is 0 Å². The van der Waals surface area contributed by atoms with E-state index in [0.717, 1.165) is 29.7 Å². The van der Waals surface area contributed by atoms with Crippen LogP contribution < -0.4 is 0 Å². The first-order valence-corrected chi connectivity index (χ1v) is 7.23. The molecule has 4 heteroatoms. The van der Waals surface area contributed by atoms with E-state index < -0.39 is 0 Å². The van der Waals surface area contributed by atoms with Gasteiger partial charge < -0.3 is 9.80 Å². The van der Waals surface area contributed by atoms with Crippen molar-refractivity contribution in [2.75, 3.05) is 13.6 Å². The zero-order valence-corrected chi connectivity index (χ0v) is 12.6. The van der Waals surface area contributed by atoms with Crippen LogP contribution in [0.4, 0.5) is 0 Å². The largest absolute Gasteiger partial charge is 0.344 e. The van der Waals surface area contributed by atoms with Gasteiger partial charge in [0.05, 0.1) is 0 Å². The smallest absolute Gasteiger partial charge is 0.255 e. The number of hydrogen-bond acceptors (Lipinski definition) is 2. The lowest BCUT2D eigenvalue weighted by Gasteiger charge is -2.22. The zero-order chi connectivity index (χ0) is 14.9. The molecule has 1 saturated heterocycles. The van der Waals surface area contributed by atoms with Crippen LogP contribution in [0.2, 0.25) is 0 Å². The molecule has 0 aromatic heterocycles. The van der Waals surface area contributed by atoms with Gasteiger partial charge in [0.25, 0.3) is 5.91 Å². The van der Waals surface area contributed by atoms with Gasteiger partial charge in [0.15, 0.2) is 0 Å². The van der Waals surface area contributed by atoms with Crippen molar-refractivity contribution < 1.29 is 9.59 Å². The monoisotopic (exact) mass is 274 g/mol. The Morgan fingerprint density at radius 1 is 1.20 bits per heavy atom. The summed E-state index contributed by atoms with van der Waals surface area (Å²) in [5.41, 5.74) is 2.95. The van der Waals surface area contributed by atoms with Gasteiger partial charge in [0.2, 0.25) is 5.91 Å². The third kappa shape index (κ3) is 2.30. The number of likely N-dealkylation sites (tertiary alicyclic amines) is 1. The van der Waals surface area contributed by atoms with E-state index in [0.29, 0.717) is 6.54 Å². The molecule has 2 aliphatic heterocycles. The van der Waals surface area contributed by atoms with E-state index in [9.17, 15) is 9.59 Å². The maximum Gasteiger partial charge on any atom is 0.255 e. The Morgan fingerprint density at radius 3 is 2.50 bits per heavy atom. The van der Waals surface area contributed by atoms with Crippen LogP contribution in [-0.2, 0) is 11.3 Å². The molecule has 0 bridgehead atoms. The first-order chi connectivity index (χ1) is 9.58. The maximum absolute atomic E-state index is 12.3. The van der Waals surface area contributed by atoms with Crippen LogP contribution in [0, 0.1) is 6.92 Å². The Kier molecular flexibility index (Phi) is 4.12. The fraction of sp³-hybridized carbons (Fsp3) is 0.500. The van der Waals surface area contributed by atoms with Gasteiger partial charge in [-0.1, -0.05) is 31.5 Å². The van der Waals surface area contributed by atoms with Crippen LogP contribution in [-0.4, -0.2) is 41.2 Å². The molecule has 1 aromatic rings. The molecule has 2 amide bonds. The normalized spacial score (nSPS) is 20.9. The van der Waals surface area contributed by atoms with E-state index in [1.165, 1.54) is 0 Å². The zero-order valence-electron chi connectivity index (χ0n) is 12.6. The number of amides is 2. The number of carbonyl (C=O) groups excluding carboxylic acids is 2. The highest BCUT2D eigenvalue weighted by Crippen LogP contribution is 2.28. The summed E-state index contributed by atoms with van der Waals surface area (Å²) in [6, 6.07) is 5.59. The highest BCUT2D eigenvalue weighted by atomic mass is 16.2. The Morgan fingerprint density at radius 2 is 1.90 bits per heavy atom. The van der Waals surface area contributed by atoms with Gasteiger partial charge in [-0.15, -0.1) is 0 Å². The lowest BCUT2D eigenvalue weighted by molar-refractivity contribution is -0.130. The Labute approximate surface area is 120 Å². The lowest BCUT2D eigenvalue weighted by Crippen LogP contribution is -2.41. The molecule has 3 rings (SSSR count). The van der Waals surface area contributed by atoms with Gasteiger partial charge in [-0.05, 0) is 25.0 Å². The van der Waals surface area contributed by atoms with Crippen molar-refractivity contribution in [1.29, 1.82) is 0 Å². The Balaban J connectivity index is 0.000000704. The van der Waals surface area contributed by atoms with Gasteiger partial charge in [-0.2, -0.15) is 0 Å². The minimum absolute atomic E-state index is 0.00125. The molecule has 108 valence electrons. The summed E-state index contributed by atoms with van der Waals surface area (Å²) in [5.74, 6) is 0.0616. The second kappa shape index (κ2) is 5.65. The summed E-state index contributed by atoms with van der Waals surface area (Å²) in [6.07, 6.45) is 0.744. The molecule has 4 nitrogen and oxygen atoms in total. The number of nitrogens with zero attached hydrogens (tertiary/aromatic N) is 2. The first kappa shape index (κ1) is 14.6. The molecule has 0 N–H and O–H groups in total. The van der Waals surface area contributed by atoms with Crippen LogP contribution in [0.5, 0.6) is 0 Å². The summed E-state index contributed by atoms with van der Waals surface area (Å²) >= 11 is 0. The maximum atomic E-state index is 12.3. The van der Waals surface area contributed by atoms with Crippen molar-refractivity contribution in [3.05, 3.63) is 34.9 Å². The number of rotatable bonds is 1. The molecular formula is C16H22N2O2. The fourth-order valence-corrected chi connectivity index (χ4v) is 2.82. The quantitative estimate of drug-likeness (QED) is 0.788. The molecule has 20 heavy (non-hydrogen) atoms. The summed E-state index contributed by atoms with van der Waals surface area (Å²) < 4.78 is 0. The van der Waals surface area contributed by atoms with Gasteiger partial charge in [0, 0.05) is 25.7 Å². The van der Waals surface area contributed by atoms with Crippen LogP contribution in [0.3, 0.4) is 0 Å². The number of carbonyl (C=O) groups is 2. The lowest BCUT2D eigenvalue weighted by atomic mass is 10.1. The minimum atomic E-state index is -0.268. The second-order valence-corrected chi connectivity index (χ2v) is 5.16. The number of fused-ring (bicyclic) bond motifs is 1. The van der Waals surface area contributed by atoms with Gasteiger partial charge in [-0.3, -0.25) is 9.59 Å². The van der Waals surface area contributed by atoms with Crippen LogP contribution in [0.1, 0.15) is 41.8 Å². The Hall–Kier alpha value is -1.84. The second-order valence-electron chi connectivity index (χ2n) is 5.16. The van der Waals surface area contributed by atoms with Gasteiger partial charge in [0.1, 0.15) is 6.04 Å². The molecule has 1 unspecified atom stereocenters. The van der Waals surface area contributed by atoms with Gasteiger partial charge in [-0.25, -0.2) is 0 Å². The molecule has 0 spiro atoms. The summed E-state index contributed by atoms with van der Waals surface area (Å²) in [5, 5.41) is 0. The Bertz CT molecular complexity index is 539. The van der Waals surface area contributed by atoms with Crippen molar-refractivity contribution in [3.8, 4) is 0 Å². The van der Waals surface area contributed by atoms with E-state index in [4.69, 9.17) is 0 Å². The van der Waals surface area contributed by atoms with Crippen LogP contribution >= 0.6 is 0 Å². The third-order valence-electron chi connectivity index (χ3n) is 3.87. The van der Waals surface area contributed by atoms with E-state index in [1.807, 2.05) is 39.0 Å². The summed E-state index contributed by atoms with van der Waals surface area (Å²) in [4.78, 5) is 27.7. The average Bonchev–Trinajstić information content (AvgIpc) is 2.94. The molecular weight excluding hydrogens is 252 g/mol. The average molecular weight is 274 g/mol. The van der Waals surface area contributed by atoms with Crippen molar-refractivity contribution in [1.82, 2.24) is 9.80 Å². The van der Waals surface area contributed by atoms with E-state index in [1.54, 1.807) is 16.8 Å². The predicted molar refractivity (Wildman–Crippen MR) is 78.4 cm³/mol. The van der Waals surface area contributed by atoms with Gasteiger partial charge >= 0.3 is 0 Å². The number of hydrogen-bond donors (Lipinski definition) is 0. The highest BCUT2D eigenvalue weighted by Gasteiger charge is 2.40. The van der Waals surface area contributed by atoms with E-state index in [2.05, 4.69) is 0 Å². The van der Waals surface area contributed by atoms with E-state index in [-0.39, 0.29) is 17.9 Å². The molecule has 2 aliphatic rings. The van der Waals surface area contributed by atoms with Crippen LogP contribution in [0.15, 0.2) is 18.2 Å². The molecule has 2 heterocycles. The molecule has 1 aromatic carbocycles. The standard InChI is InChI=1S/C14H16N2O2.C2H6/c1-9-3-4-11-10(7-9)8-16(13(11)17)12-5-6-15(2)14(12)18;1-2/h3-4,7,12H,5-6,8H2,1-2H3;1-2H3. The number of benzene rings is 1. The minimum Gasteiger partial charge on any atom is -0.344 e. The molecule has 0 saturated carbocycles. The topological polar surface area (TPSA) is 40.6 Å². The highest BCUT2D eigenvalue weighted by molar-refractivity contribution is 6.01. The molecule has 1 atom stereocenters. The molecule has 0 radical (unpaired) electrons. The van der Waals surface area contributed by atoms with Crippen molar-refractivity contribution in [3.63, 3.8) is 0 Å². The molecule has 0 aliphatic carbocycles. The van der Waals surface area contributed by atoms with E-state index >= 15 is 0 Å². The molecule has 1 fully saturated rings. The number of aryl methyl sites for hydroxylation is 1. The number of likely N-dealkylation sites (N-methyl/N-ethyl adjacent to an activating group) is 1. The van der Waals surface area contributed by atoms with Crippen molar-refractivity contribution in [2.45, 2.75) is 39.8 Å². The summed E-state index contributed by atoms with van der Waals surface area (Å²) in [7, 11) is 1.79. The predicted octanol–water partition coefficient (Wildman–Crippen LogP) is 2.21. The van der Waals surface area contributed by atoms with Crippen LogP contribution in [0.25, 0.3) is 0 Å². The SMILES string of the molecule is CC.Cc1ccc2c(c1)CN(C1CCN(C)C1=O)C2=O. The fourth-order valence-electron chi connectivity index (χ4n) is 2.82. The third-order valence-corrected chi connectivity index (χ3v) is 3.87.